The van der Waals surface area contributed by atoms with Crippen LogP contribution in [0.25, 0.3) is 0 Å². The monoisotopic (exact) mass is 610 g/mol. The van der Waals surface area contributed by atoms with E-state index in [1.807, 2.05) is 0 Å². The summed E-state index contributed by atoms with van der Waals surface area (Å²) in [7, 11) is -4.15. The molecule has 0 aliphatic heterocycles. The first-order chi connectivity index (χ1) is 19.0. The van der Waals surface area contributed by atoms with Crippen LogP contribution in [0.5, 0.6) is 0 Å². The Labute approximate surface area is 296 Å². The van der Waals surface area contributed by atoms with E-state index in [2.05, 4.69) is 13.8 Å². The van der Waals surface area contributed by atoms with E-state index < -0.39 is 15.4 Å². The van der Waals surface area contributed by atoms with Gasteiger partial charge in [-0.05, 0) is 12.8 Å². The van der Waals surface area contributed by atoms with Gasteiger partial charge < -0.3 is 4.55 Å². The Balaban J connectivity index is 0. The predicted octanol–water partition coefficient (Wildman–Crippen LogP) is 9.43. The van der Waals surface area contributed by atoms with Gasteiger partial charge in [0.2, 0.25) is 0 Å². The van der Waals surface area contributed by atoms with E-state index >= 15 is 0 Å². The van der Waals surface area contributed by atoms with Gasteiger partial charge in [0.1, 0.15) is 0 Å². The van der Waals surface area contributed by atoms with Crippen LogP contribution in [0.15, 0.2) is 0 Å². The van der Waals surface area contributed by atoms with Gasteiger partial charge in [-0.2, -0.15) is 0 Å². The molecule has 0 saturated carbocycles. The average Bonchev–Trinajstić information content (AvgIpc) is 2.91. The zero-order valence-electron chi connectivity index (χ0n) is 27.8. The van der Waals surface area contributed by atoms with Gasteiger partial charge in [-0.3, -0.25) is 0 Å². The fraction of sp³-hybridized carbons (Fsp3) is 1.00. The molecule has 1 unspecified atom stereocenters. The number of unbranched alkanes of at least 4 members (excludes halogenated alkanes) is 28. The molecule has 0 aromatic carbocycles. The van der Waals surface area contributed by atoms with Crippen molar-refractivity contribution in [3.63, 3.8) is 0 Å². The smallest absolute Gasteiger partial charge is 0.748 e. The van der Waals surface area contributed by atoms with Crippen molar-refractivity contribution < 1.29 is 64.4 Å². The Bertz CT molecular complexity index is 567. The molecule has 0 fully saturated rings. The summed E-state index contributed by atoms with van der Waals surface area (Å²) in [6.45, 7) is 4.53. The van der Waals surface area contributed by atoms with Crippen LogP contribution in [0.1, 0.15) is 219 Å². The molecule has 40 heavy (non-hydrogen) atoms. The summed E-state index contributed by atoms with van der Waals surface area (Å²) in [6, 6.07) is 0. The Kier molecular flexibility index (Phi) is 38.2. The average molecular weight is 611 g/mol. The van der Waals surface area contributed by atoms with E-state index in [0.29, 0.717) is 12.8 Å². The maximum atomic E-state index is 11.7. The quantitative estimate of drug-likeness (QED) is 0.0422. The van der Waals surface area contributed by atoms with Crippen LogP contribution >= 0.6 is 0 Å². The van der Waals surface area contributed by atoms with Crippen molar-refractivity contribution in [2.75, 3.05) is 0 Å². The Morgan fingerprint density at radius 2 is 0.550 bits per heavy atom. The molecular formula is C35H71KO3S. The van der Waals surface area contributed by atoms with Gasteiger partial charge in [0, 0.05) is 5.25 Å². The zero-order valence-corrected chi connectivity index (χ0v) is 31.8. The summed E-state index contributed by atoms with van der Waals surface area (Å²) >= 11 is 0. The Hall–Kier alpha value is 1.55. The van der Waals surface area contributed by atoms with Crippen molar-refractivity contribution in [2.45, 2.75) is 225 Å². The summed E-state index contributed by atoms with van der Waals surface area (Å²) in [5, 5.41) is -0.651. The summed E-state index contributed by atoms with van der Waals surface area (Å²) in [6.07, 6.45) is 40.5. The van der Waals surface area contributed by atoms with E-state index in [0.717, 1.165) is 25.7 Å². The number of hydrogen-bond donors (Lipinski definition) is 0. The fourth-order valence-corrected chi connectivity index (χ4v) is 6.83. The van der Waals surface area contributed by atoms with E-state index in [9.17, 15) is 13.0 Å². The van der Waals surface area contributed by atoms with Crippen molar-refractivity contribution in [1.82, 2.24) is 0 Å². The maximum absolute atomic E-state index is 11.7. The minimum absolute atomic E-state index is 0. The first kappa shape index (κ1) is 43.7. The molecule has 0 rings (SSSR count). The van der Waals surface area contributed by atoms with Crippen molar-refractivity contribution in [1.29, 1.82) is 0 Å². The van der Waals surface area contributed by atoms with Gasteiger partial charge >= 0.3 is 51.4 Å². The molecule has 236 valence electrons. The minimum atomic E-state index is -4.15. The van der Waals surface area contributed by atoms with Gasteiger partial charge in [-0.1, -0.05) is 206 Å². The van der Waals surface area contributed by atoms with Gasteiger partial charge in [0.25, 0.3) is 0 Å². The third-order valence-corrected chi connectivity index (χ3v) is 9.96. The Morgan fingerprint density at radius 1 is 0.375 bits per heavy atom. The van der Waals surface area contributed by atoms with Crippen LogP contribution < -0.4 is 51.4 Å². The molecular weight excluding hydrogens is 540 g/mol. The molecule has 0 heterocycles. The summed E-state index contributed by atoms with van der Waals surface area (Å²) in [4.78, 5) is 0. The normalized spacial score (nSPS) is 12.5. The molecule has 1 atom stereocenters. The molecule has 0 bridgehead atoms. The summed E-state index contributed by atoms with van der Waals surface area (Å²) in [5.41, 5.74) is 0. The fourth-order valence-electron chi connectivity index (χ4n) is 5.92. The molecule has 0 spiro atoms. The van der Waals surface area contributed by atoms with Crippen LogP contribution in [-0.2, 0) is 10.1 Å². The third-order valence-electron chi connectivity index (χ3n) is 8.67. The minimum Gasteiger partial charge on any atom is -0.748 e. The van der Waals surface area contributed by atoms with Crippen molar-refractivity contribution in [2.24, 2.45) is 0 Å². The second-order valence-electron chi connectivity index (χ2n) is 12.6. The molecule has 0 N–H and O–H groups in total. The first-order valence-corrected chi connectivity index (χ1v) is 19.4. The molecule has 0 radical (unpaired) electrons. The SMILES string of the molecule is CCCCCCCCCCCCCCCCCCCCCCCC(CCCCCCCCCCC)S(=O)(=O)[O-].[K+]. The zero-order chi connectivity index (χ0) is 28.7. The van der Waals surface area contributed by atoms with Gasteiger partial charge in [0.05, 0.1) is 10.1 Å². The van der Waals surface area contributed by atoms with Gasteiger partial charge in [-0.15, -0.1) is 0 Å². The van der Waals surface area contributed by atoms with E-state index in [1.165, 1.54) is 167 Å². The van der Waals surface area contributed by atoms with Crippen molar-refractivity contribution >= 4 is 10.1 Å². The maximum Gasteiger partial charge on any atom is 1.00 e. The first-order valence-electron chi connectivity index (χ1n) is 18.0. The van der Waals surface area contributed by atoms with E-state index in [1.54, 1.807) is 0 Å². The van der Waals surface area contributed by atoms with Gasteiger partial charge in [-0.25, -0.2) is 8.42 Å². The summed E-state index contributed by atoms with van der Waals surface area (Å²) in [5.74, 6) is 0. The van der Waals surface area contributed by atoms with E-state index in [-0.39, 0.29) is 51.4 Å². The van der Waals surface area contributed by atoms with Crippen LogP contribution in [0.2, 0.25) is 0 Å². The van der Waals surface area contributed by atoms with Crippen LogP contribution in [0.4, 0.5) is 0 Å². The second-order valence-corrected chi connectivity index (χ2v) is 14.2. The molecule has 0 aliphatic rings. The number of rotatable bonds is 33. The molecule has 0 aromatic heterocycles. The molecule has 0 amide bonds. The largest absolute Gasteiger partial charge is 1.00 e. The van der Waals surface area contributed by atoms with Crippen molar-refractivity contribution in [3.05, 3.63) is 0 Å². The standard InChI is InChI=1S/C35H72O3S.K/c1-3-5-7-9-11-13-14-15-16-17-18-19-20-21-22-23-24-26-28-30-32-34-35(39(36,37)38)33-31-29-27-25-12-10-8-6-4-2;/h35H,3-34H2,1-2H3,(H,36,37,38);/q;+1/p-1. The van der Waals surface area contributed by atoms with E-state index in [4.69, 9.17) is 0 Å². The predicted molar refractivity (Wildman–Crippen MR) is 173 cm³/mol. The molecule has 3 nitrogen and oxygen atoms in total. The second kappa shape index (κ2) is 35.0. The third kappa shape index (κ3) is 34.0. The molecule has 0 saturated heterocycles. The topological polar surface area (TPSA) is 57.2 Å². The van der Waals surface area contributed by atoms with Crippen molar-refractivity contribution in [3.8, 4) is 0 Å². The van der Waals surface area contributed by atoms with Gasteiger partial charge in [0.15, 0.2) is 0 Å². The van der Waals surface area contributed by atoms with Crippen LogP contribution in [0, 0.1) is 0 Å². The van der Waals surface area contributed by atoms with Crippen LogP contribution in [-0.4, -0.2) is 18.2 Å². The molecule has 0 aromatic rings. The summed E-state index contributed by atoms with van der Waals surface area (Å²) < 4.78 is 35.0. The number of hydrogen-bond acceptors (Lipinski definition) is 3. The molecule has 0 aliphatic carbocycles. The van der Waals surface area contributed by atoms with Crippen LogP contribution in [0.3, 0.4) is 0 Å². The Morgan fingerprint density at radius 3 is 0.725 bits per heavy atom. The molecule has 5 heteroatoms.